The number of aliphatic hydroxyl groups excluding tert-OH is 1. The molecule has 0 amide bonds. The lowest BCUT2D eigenvalue weighted by Gasteiger charge is -2.32. The highest BCUT2D eigenvalue weighted by molar-refractivity contribution is 5.83. The molecule has 3 heterocycles. The Balaban J connectivity index is 1.35. The smallest absolute Gasteiger partial charge is 0.123 e. The van der Waals surface area contributed by atoms with Gasteiger partial charge >= 0.3 is 0 Å². The number of fused-ring (bicyclic) bond motifs is 1. The zero-order chi connectivity index (χ0) is 22.6. The quantitative estimate of drug-likeness (QED) is 0.444. The summed E-state index contributed by atoms with van der Waals surface area (Å²) in [5.74, 6) is -0.266. The molecule has 0 saturated carbocycles. The fourth-order valence-corrected chi connectivity index (χ4v) is 4.58. The second kappa shape index (κ2) is 9.83. The van der Waals surface area contributed by atoms with E-state index in [1.165, 1.54) is 28.6 Å². The van der Waals surface area contributed by atoms with Gasteiger partial charge in [0.15, 0.2) is 0 Å². The summed E-state index contributed by atoms with van der Waals surface area (Å²) in [5, 5.41) is 10.5. The standard InChI is InChI=1S/C27H28FN3O2/c28-22-7-3-6-20(16-22)24-9-4-10-25(29-24)27-19-30(13-15-33-27)17-21-18-31(12-5-14-32)26-11-2-1-8-23(21)26/h1-4,6-11,16,18,27,32H,5,12-15,17,19H2. The van der Waals surface area contributed by atoms with E-state index in [2.05, 4.69) is 39.9 Å². The number of morpholine rings is 1. The van der Waals surface area contributed by atoms with E-state index in [1.54, 1.807) is 6.07 Å². The minimum atomic E-state index is -0.266. The molecule has 0 radical (unpaired) electrons. The van der Waals surface area contributed by atoms with Crippen molar-refractivity contribution in [3.8, 4) is 11.3 Å². The van der Waals surface area contributed by atoms with E-state index in [1.807, 2.05) is 24.3 Å². The lowest BCUT2D eigenvalue weighted by Crippen LogP contribution is -2.38. The molecular formula is C27H28FN3O2. The van der Waals surface area contributed by atoms with Crippen LogP contribution in [0.4, 0.5) is 4.39 Å². The molecule has 1 aliphatic heterocycles. The van der Waals surface area contributed by atoms with Gasteiger partial charge in [-0.3, -0.25) is 9.88 Å². The summed E-state index contributed by atoms with van der Waals surface area (Å²) in [4.78, 5) is 7.20. The first-order valence-corrected chi connectivity index (χ1v) is 11.5. The van der Waals surface area contributed by atoms with Gasteiger partial charge < -0.3 is 14.4 Å². The molecule has 2 aromatic heterocycles. The van der Waals surface area contributed by atoms with Crippen LogP contribution >= 0.6 is 0 Å². The van der Waals surface area contributed by atoms with Crippen molar-refractivity contribution in [2.45, 2.75) is 25.6 Å². The fourth-order valence-electron chi connectivity index (χ4n) is 4.58. The Hall–Kier alpha value is -3.06. The number of halogens is 1. The van der Waals surface area contributed by atoms with Crippen LogP contribution in [-0.2, 0) is 17.8 Å². The van der Waals surface area contributed by atoms with Crippen LogP contribution in [-0.4, -0.2) is 45.9 Å². The van der Waals surface area contributed by atoms with Gasteiger partial charge in [0.1, 0.15) is 11.9 Å². The molecule has 1 fully saturated rings. The Morgan fingerprint density at radius 2 is 1.94 bits per heavy atom. The number of aromatic nitrogens is 2. The molecule has 2 aromatic carbocycles. The third kappa shape index (κ3) is 4.83. The topological polar surface area (TPSA) is 50.5 Å². The molecule has 5 nitrogen and oxygen atoms in total. The molecule has 1 atom stereocenters. The first kappa shape index (κ1) is 21.8. The average Bonchev–Trinajstić information content (AvgIpc) is 3.20. The molecule has 1 unspecified atom stereocenters. The van der Waals surface area contributed by atoms with Crippen LogP contribution in [0.5, 0.6) is 0 Å². The number of pyridine rings is 1. The number of rotatable bonds is 7. The summed E-state index contributed by atoms with van der Waals surface area (Å²) in [7, 11) is 0. The highest BCUT2D eigenvalue weighted by atomic mass is 19.1. The number of hydrogen-bond donors (Lipinski definition) is 1. The van der Waals surface area contributed by atoms with Crippen molar-refractivity contribution in [2.24, 2.45) is 0 Å². The minimum absolute atomic E-state index is 0.130. The summed E-state index contributed by atoms with van der Waals surface area (Å²) in [5.41, 5.74) is 4.87. The van der Waals surface area contributed by atoms with E-state index in [0.29, 0.717) is 6.61 Å². The third-order valence-corrected chi connectivity index (χ3v) is 6.19. The van der Waals surface area contributed by atoms with Gasteiger partial charge in [0.2, 0.25) is 0 Å². The zero-order valence-electron chi connectivity index (χ0n) is 18.5. The lowest BCUT2D eigenvalue weighted by atomic mass is 10.1. The van der Waals surface area contributed by atoms with E-state index in [9.17, 15) is 9.50 Å². The maximum absolute atomic E-state index is 13.7. The largest absolute Gasteiger partial charge is 0.396 e. The summed E-state index contributed by atoms with van der Waals surface area (Å²) in [6.45, 7) is 4.07. The molecule has 1 aliphatic rings. The maximum atomic E-state index is 13.7. The number of nitrogens with zero attached hydrogens (tertiary/aromatic N) is 3. The van der Waals surface area contributed by atoms with E-state index < -0.39 is 0 Å². The number of aliphatic hydroxyl groups is 1. The highest BCUT2D eigenvalue weighted by Gasteiger charge is 2.24. The van der Waals surface area contributed by atoms with Crippen molar-refractivity contribution in [1.82, 2.24) is 14.5 Å². The Morgan fingerprint density at radius 1 is 1.06 bits per heavy atom. The normalized spacial score (nSPS) is 17.0. The number of aryl methyl sites for hydroxylation is 1. The molecule has 33 heavy (non-hydrogen) atoms. The van der Waals surface area contributed by atoms with Crippen LogP contribution in [0.15, 0.2) is 72.9 Å². The number of para-hydroxylation sites is 1. The predicted molar refractivity (Wildman–Crippen MR) is 127 cm³/mol. The Kier molecular flexibility index (Phi) is 6.48. The Bertz CT molecular complexity index is 1240. The molecule has 6 heteroatoms. The summed E-state index contributed by atoms with van der Waals surface area (Å²) in [6, 6.07) is 20.8. The zero-order valence-corrected chi connectivity index (χ0v) is 18.5. The van der Waals surface area contributed by atoms with Gasteiger partial charge in [0, 0.05) is 55.4 Å². The number of benzene rings is 2. The molecule has 4 aromatic rings. The molecule has 0 aliphatic carbocycles. The molecule has 1 N–H and O–H groups in total. The van der Waals surface area contributed by atoms with Crippen LogP contribution in [0, 0.1) is 5.82 Å². The van der Waals surface area contributed by atoms with Crippen molar-refractivity contribution < 1.29 is 14.2 Å². The Morgan fingerprint density at radius 3 is 2.82 bits per heavy atom. The monoisotopic (exact) mass is 445 g/mol. The van der Waals surface area contributed by atoms with E-state index in [-0.39, 0.29) is 18.5 Å². The SMILES string of the molecule is OCCCn1cc(CN2CCOC(c3cccc(-c4cccc(F)c4)n3)C2)c2ccccc21. The van der Waals surface area contributed by atoms with E-state index in [0.717, 1.165) is 49.6 Å². The maximum Gasteiger partial charge on any atom is 0.123 e. The van der Waals surface area contributed by atoms with Gasteiger partial charge in [-0.15, -0.1) is 0 Å². The molecule has 0 bridgehead atoms. The van der Waals surface area contributed by atoms with Crippen molar-refractivity contribution in [2.75, 3.05) is 26.3 Å². The first-order chi connectivity index (χ1) is 16.2. The van der Waals surface area contributed by atoms with Crippen molar-refractivity contribution in [3.05, 3.63) is 90.0 Å². The van der Waals surface area contributed by atoms with Crippen LogP contribution in [0.1, 0.15) is 23.8 Å². The summed E-state index contributed by atoms with van der Waals surface area (Å²) in [6.07, 6.45) is 2.83. The van der Waals surface area contributed by atoms with Crippen LogP contribution in [0.2, 0.25) is 0 Å². The van der Waals surface area contributed by atoms with Gasteiger partial charge in [-0.25, -0.2) is 4.39 Å². The number of ether oxygens (including phenoxy) is 1. The second-order valence-corrected chi connectivity index (χ2v) is 8.49. The molecule has 170 valence electrons. The second-order valence-electron chi connectivity index (χ2n) is 8.49. The molecule has 1 saturated heterocycles. The average molecular weight is 446 g/mol. The van der Waals surface area contributed by atoms with Gasteiger partial charge in [0.05, 0.1) is 18.0 Å². The fraction of sp³-hybridized carbons (Fsp3) is 0.296. The van der Waals surface area contributed by atoms with Crippen molar-refractivity contribution in [1.29, 1.82) is 0 Å². The number of hydrogen-bond acceptors (Lipinski definition) is 4. The highest BCUT2D eigenvalue weighted by Crippen LogP contribution is 2.28. The van der Waals surface area contributed by atoms with E-state index >= 15 is 0 Å². The molecular weight excluding hydrogens is 417 g/mol. The molecule has 5 rings (SSSR count). The van der Waals surface area contributed by atoms with Gasteiger partial charge in [0.25, 0.3) is 0 Å². The van der Waals surface area contributed by atoms with Crippen molar-refractivity contribution in [3.63, 3.8) is 0 Å². The summed E-state index contributed by atoms with van der Waals surface area (Å²) >= 11 is 0. The van der Waals surface area contributed by atoms with Crippen LogP contribution < -0.4 is 0 Å². The van der Waals surface area contributed by atoms with E-state index in [4.69, 9.17) is 9.72 Å². The van der Waals surface area contributed by atoms with Gasteiger partial charge in [-0.2, -0.15) is 0 Å². The van der Waals surface area contributed by atoms with Crippen LogP contribution in [0.25, 0.3) is 22.2 Å². The Labute approximate surface area is 193 Å². The van der Waals surface area contributed by atoms with Crippen LogP contribution in [0.3, 0.4) is 0 Å². The molecule has 0 spiro atoms. The summed E-state index contributed by atoms with van der Waals surface area (Å²) < 4.78 is 22.0. The third-order valence-electron chi connectivity index (χ3n) is 6.19. The van der Waals surface area contributed by atoms with Gasteiger partial charge in [-0.1, -0.05) is 36.4 Å². The van der Waals surface area contributed by atoms with Gasteiger partial charge in [-0.05, 0) is 42.3 Å². The van der Waals surface area contributed by atoms with Crippen molar-refractivity contribution >= 4 is 10.9 Å². The lowest BCUT2D eigenvalue weighted by molar-refractivity contribution is -0.0348. The minimum Gasteiger partial charge on any atom is -0.396 e. The first-order valence-electron chi connectivity index (χ1n) is 11.5. The predicted octanol–water partition coefficient (Wildman–Crippen LogP) is 4.80.